The Morgan fingerprint density at radius 3 is 2.58 bits per heavy atom. The van der Waals surface area contributed by atoms with Crippen LogP contribution in [0, 0.1) is 0 Å². The van der Waals surface area contributed by atoms with Gasteiger partial charge in [0.05, 0.1) is 18.2 Å². The maximum atomic E-state index is 5.39. The van der Waals surface area contributed by atoms with Crippen LogP contribution in [0.3, 0.4) is 0 Å². The quantitative estimate of drug-likeness (QED) is 0.414. The highest BCUT2D eigenvalue weighted by molar-refractivity contribution is 14.0. The molecule has 8 heteroatoms. The van der Waals surface area contributed by atoms with E-state index in [1.165, 1.54) is 5.00 Å². The second-order valence-electron chi connectivity index (χ2n) is 5.85. The van der Waals surface area contributed by atoms with E-state index >= 15 is 0 Å². The first-order chi connectivity index (χ1) is 11.4. The summed E-state index contributed by atoms with van der Waals surface area (Å²) in [5, 5.41) is 7.04. The van der Waals surface area contributed by atoms with Gasteiger partial charge in [0, 0.05) is 59.4 Å². The molecular weight excluding hydrogens is 437 g/mol. The second-order valence-corrected chi connectivity index (χ2v) is 6.78. The molecule has 1 aromatic heterocycles. The Kier molecular flexibility index (Phi) is 8.57. The number of hydrogen-bond acceptors (Lipinski definition) is 5. The van der Waals surface area contributed by atoms with Crippen molar-refractivity contribution in [1.29, 1.82) is 0 Å². The topological polar surface area (TPSA) is 43.3 Å². The molecule has 2 saturated heterocycles. The van der Waals surface area contributed by atoms with Crippen molar-refractivity contribution in [2.75, 3.05) is 77.5 Å². The summed E-state index contributed by atoms with van der Waals surface area (Å²) in [5.41, 5.74) is 0. The summed E-state index contributed by atoms with van der Waals surface area (Å²) in [6.45, 7) is 9.97. The van der Waals surface area contributed by atoms with Crippen molar-refractivity contribution in [1.82, 2.24) is 15.1 Å². The van der Waals surface area contributed by atoms with Crippen LogP contribution in [0.2, 0.25) is 0 Å². The Balaban J connectivity index is 0.00000208. The molecule has 6 nitrogen and oxygen atoms in total. The number of rotatable bonds is 4. The lowest BCUT2D eigenvalue weighted by Gasteiger charge is -2.37. The minimum absolute atomic E-state index is 0. The van der Waals surface area contributed by atoms with E-state index in [1.807, 2.05) is 18.4 Å². The average Bonchev–Trinajstić information content (AvgIpc) is 3.15. The molecule has 0 aromatic carbocycles. The van der Waals surface area contributed by atoms with Gasteiger partial charge in [-0.25, -0.2) is 0 Å². The van der Waals surface area contributed by atoms with Gasteiger partial charge in [0.2, 0.25) is 0 Å². The van der Waals surface area contributed by atoms with Crippen LogP contribution >= 0.6 is 35.3 Å². The maximum Gasteiger partial charge on any atom is 0.193 e. The summed E-state index contributed by atoms with van der Waals surface area (Å²) >= 11 is 1.82. The summed E-state index contributed by atoms with van der Waals surface area (Å²) in [7, 11) is 1.88. The molecule has 1 aromatic rings. The second kappa shape index (κ2) is 10.4. The average molecular weight is 465 g/mol. The fraction of sp³-hybridized carbons (Fsp3) is 0.688. The zero-order chi connectivity index (χ0) is 15.9. The van der Waals surface area contributed by atoms with Gasteiger partial charge in [0.15, 0.2) is 5.96 Å². The highest BCUT2D eigenvalue weighted by Gasteiger charge is 2.20. The Morgan fingerprint density at radius 1 is 1.21 bits per heavy atom. The van der Waals surface area contributed by atoms with Crippen molar-refractivity contribution in [3.05, 3.63) is 17.5 Å². The Morgan fingerprint density at radius 2 is 1.96 bits per heavy atom. The summed E-state index contributed by atoms with van der Waals surface area (Å²) in [4.78, 5) is 11.7. The predicted octanol–water partition coefficient (Wildman–Crippen LogP) is 1.40. The molecule has 0 radical (unpaired) electrons. The van der Waals surface area contributed by atoms with Gasteiger partial charge in [-0.2, -0.15) is 0 Å². The number of hydrogen-bond donors (Lipinski definition) is 1. The van der Waals surface area contributed by atoms with Crippen molar-refractivity contribution >= 4 is 46.3 Å². The lowest BCUT2D eigenvalue weighted by molar-refractivity contribution is 0.0388. The van der Waals surface area contributed by atoms with Gasteiger partial charge in [-0.15, -0.1) is 35.3 Å². The number of guanidine groups is 1. The smallest absolute Gasteiger partial charge is 0.193 e. The van der Waals surface area contributed by atoms with E-state index in [0.717, 1.165) is 71.5 Å². The van der Waals surface area contributed by atoms with Crippen molar-refractivity contribution in [3.63, 3.8) is 0 Å². The van der Waals surface area contributed by atoms with Crippen LogP contribution in [0.25, 0.3) is 0 Å². The number of ether oxygens (including phenoxy) is 1. The third-order valence-corrected chi connectivity index (χ3v) is 5.35. The monoisotopic (exact) mass is 465 g/mol. The molecule has 2 aliphatic rings. The Hall–Kier alpha value is -0.580. The number of piperazine rings is 1. The van der Waals surface area contributed by atoms with Crippen LogP contribution in [-0.4, -0.2) is 88.4 Å². The largest absolute Gasteiger partial charge is 0.379 e. The SMILES string of the molecule is CN=C(NCCN1CCOCC1)N1CCN(c2cccs2)CC1.I. The number of anilines is 1. The zero-order valence-electron chi connectivity index (χ0n) is 14.3. The molecule has 3 heterocycles. The van der Waals surface area contributed by atoms with E-state index in [-0.39, 0.29) is 24.0 Å². The van der Waals surface area contributed by atoms with Crippen molar-refractivity contribution in [3.8, 4) is 0 Å². The number of aliphatic imine (C=N–C) groups is 1. The molecule has 0 atom stereocenters. The van der Waals surface area contributed by atoms with Crippen molar-refractivity contribution in [2.24, 2.45) is 4.99 Å². The number of halogens is 1. The molecule has 2 aliphatic heterocycles. The van der Waals surface area contributed by atoms with Gasteiger partial charge in [-0.05, 0) is 17.5 Å². The number of nitrogens with zero attached hydrogens (tertiary/aromatic N) is 4. The third kappa shape index (κ3) is 5.47. The van der Waals surface area contributed by atoms with Crippen LogP contribution in [0.5, 0.6) is 0 Å². The van der Waals surface area contributed by atoms with Gasteiger partial charge in [-0.3, -0.25) is 9.89 Å². The van der Waals surface area contributed by atoms with E-state index in [1.54, 1.807) is 0 Å². The number of morpholine rings is 1. The molecule has 1 N–H and O–H groups in total. The van der Waals surface area contributed by atoms with Crippen molar-refractivity contribution in [2.45, 2.75) is 0 Å². The molecular formula is C16H28IN5OS. The molecule has 0 aliphatic carbocycles. The molecule has 24 heavy (non-hydrogen) atoms. The summed E-state index contributed by atoms with van der Waals surface area (Å²) in [6.07, 6.45) is 0. The Bertz CT molecular complexity index is 485. The summed E-state index contributed by atoms with van der Waals surface area (Å²) in [6, 6.07) is 4.33. The van der Waals surface area contributed by atoms with Gasteiger partial charge in [-0.1, -0.05) is 0 Å². The molecule has 0 saturated carbocycles. The van der Waals surface area contributed by atoms with E-state index in [0.29, 0.717) is 0 Å². The van der Waals surface area contributed by atoms with E-state index in [9.17, 15) is 0 Å². The van der Waals surface area contributed by atoms with Crippen LogP contribution in [0.4, 0.5) is 5.00 Å². The normalized spacial score (nSPS) is 20.0. The van der Waals surface area contributed by atoms with Crippen LogP contribution in [0.15, 0.2) is 22.5 Å². The lowest BCUT2D eigenvalue weighted by Crippen LogP contribution is -2.53. The molecule has 0 spiro atoms. The number of thiophene rings is 1. The maximum absolute atomic E-state index is 5.39. The first-order valence-corrected chi connectivity index (χ1v) is 9.29. The molecule has 0 amide bonds. The predicted molar refractivity (Wildman–Crippen MR) is 112 cm³/mol. The molecule has 2 fully saturated rings. The minimum atomic E-state index is 0. The van der Waals surface area contributed by atoms with Crippen LogP contribution in [-0.2, 0) is 4.74 Å². The highest BCUT2D eigenvalue weighted by Crippen LogP contribution is 2.22. The van der Waals surface area contributed by atoms with Crippen LogP contribution in [0.1, 0.15) is 0 Å². The Labute approximate surface area is 165 Å². The first kappa shape index (κ1) is 19.7. The minimum Gasteiger partial charge on any atom is -0.379 e. The first-order valence-electron chi connectivity index (χ1n) is 8.41. The molecule has 3 rings (SSSR count). The lowest BCUT2D eigenvalue weighted by atomic mass is 10.3. The van der Waals surface area contributed by atoms with E-state index in [4.69, 9.17) is 4.74 Å². The van der Waals surface area contributed by atoms with E-state index in [2.05, 4.69) is 42.5 Å². The number of nitrogens with one attached hydrogen (secondary N) is 1. The summed E-state index contributed by atoms with van der Waals surface area (Å²) in [5.74, 6) is 1.03. The fourth-order valence-electron chi connectivity index (χ4n) is 3.07. The van der Waals surface area contributed by atoms with Crippen molar-refractivity contribution < 1.29 is 4.74 Å². The van der Waals surface area contributed by atoms with Gasteiger partial charge >= 0.3 is 0 Å². The van der Waals surface area contributed by atoms with Gasteiger partial charge in [0.1, 0.15) is 0 Å². The molecule has 0 unspecified atom stereocenters. The summed E-state index contributed by atoms with van der Waals surface area (Å²) < 4.78 is 5.39. The van der Waals surface area contributed by atoms with Crippen LogP contribution < -0.4 is 10.2 Å². The molecule has 0 bridgehead atoms. The highest BCUT2D eigenvalue weighted by atomic mass is 127. The standard InChI is InChI=1S/C16H27N5OS.HI/c1-17-16(18-4-5-19-10-12-22-13-11-19)21-8-6-20(7-9-21)15-3-2-14-23-15;/h2-3,14H,4-13H2,1H3,(H,17,18);1H. The fourth-order valence-corrected chi connectivity index (χ4v) is 3.86. The molecule has 136 valence electrons. The zero-order valence-corrected chi connectivity index (χ0v) is 17.5. The van der Waals surface area contributed by atoms with Gasteiger partial charge in [0.25, 0.3) is 0 Å². The third-order valence-electron chi connectivity index (χ3n) is 4.42. The van der Waals surface area contributed by atoms with E-state index < -0.39 is 0 Å². The van der Waals surface area contributed by atoms with Gasteiger partial charge < -0.3 is 19.9 Å².